The summed E-state index contributed by atoms with van der Waals surface area (Å²) in [5.74, 6) is 0. The Balaban J connectivity index is 2.40. The van der Waals surface area contributed by atoms with Gasteiger partial charge in [0.2, 0.25) is 0 Å². The molecule has 0 spiro atoms. The number of hydrogen-bond donors (Lipinski definition) is 1. The number of benzene rings is 1. The number of aryl methyl sites for hydroxylation is 1. The van der Waals surface area contributed by atoms with Crippen LogP contribution in [-0.4, -0.2) is 16.1 Å². The molecule has 0 radical (unpaired) electrons. The van der Waals surface area contributed by atoms with Gasteiger partial charge in [0, 0.05) is 11.4 Å². The van der Waals surface area contributed by atoms with Crippen LogP contribution >= 0.6 is 0 Å². The summed E-state index contributed by atoms with van der Waals surface area (Å²) in [5, 5.41) is 0. The fourth-order valence-corrected chi connectivity index (χ4v) is 1.79. The van der Waals surface area contributed by atoms with Crippen molar-refractivity contribution in [2.75, 3.05) is 6.54 Å². The van der Waals surface area contributed by atoms with Gasteiger partial charge in [-0.05, 0) is 44.5 Å². The van der Waals surface area contributed by atoms with E-state index in [9.17, 15) is 0 Å². The lowest BCUT2D eigenvalue weighted by atomic mass is 10.1. The lowest BCUT2D eigenvalue weighted by Crippen LogP contribution is -2.03. The van der Waals surface area contributed by atoms with Crippen LogP contribution in [0.15, 0.2) is 30.6 Å². The molecule has 0 atom stereocenters. The first-order chi connectivity index (χ1) is 7.72. The topological polar surface area (TPSA) is 43.8 Å². The highest BCUT2D eigenvalue weighted by molar-refractivity contribution is 5.38. The summed E-state index contributed by atoms with van der Waals surface area (Å²) in [6, 6.07) is 8.43. The van der Waals surface area contributed by atoms with E-state index in [-0.39, 0.29) is 0 Å². The maximum Gasteiger partial charge on any atom is 0.0997 e. The third-order valence-electron chi connectivity index (χ3n) is 2.87. The molecule has 0 saturated heterocycles. The zero-order valence-electron chi connectivity index (χ0n) is 9.77. The summed E-state index contributed by atoms with van der Waals surface area (Å²) >= 11 is 0. The van der Waals surface area contributed by atoms with Crippen LogP contribution in [0.3, 0.4) is 0 Å². The van der Waals surface area contributed by atoms with Crippen molar-refractivity contribution in [3.63, 3.8) is 0 Å². The van der Waals surface area contributed by atoms with Crippen LogP contribution in [0, 0.1) is 13.8 Å². The molecular formula is C13H17N3. The van der Waals surface area contributed by atoms with Crippen molar-refractivity contribution in [2.24, 2.45) is 5.73 Å². The molecule has 0 fully saturated rings. The van der Waals surface area contributed by atoms with Crippen molar-refractivity contribution < 1.29 is 0 Å². The number of rotatable bonds is 3. The fourth-order valence-electron chi connectivity index (χ4n) is 1.79. The highest BCUT2D eigenvalue weighted by Crippen LogP contribution is 2.15. The van der Waals surface area contributed by atoms with E-state index in [0.717, 1.165) is 17.8 Å². The Bertz CT molecular complexity index is 486. The maximum atomic E-state index is 5.56. The zero-order chi connectivity index (χ0) is 11.5. The van der Waals surface area contributed by atoms with Gasteiger partial charge in [-0.2, -0.15) is 0 Å². The predicted octanol–water partition coefficient (Wildman–Crippen LogP) is 1.99. The Hall–Kier alpha value is -1.61. The van der Waals surface area contributed by atoms with Gasteiger partial charge in [-0.3, -0.25) is 0 Å². The normalized spacial score (nSPS) is 10.7. The molecule has 0 aliphatic carbocycles. The van der Waals surface area contributed by atoms with Gasteiger partial charge in [0.1, 0.15) is 0 Å². The molecule has 0 bridgehead atoms. The average molecular weight is 215 g/mol. The molecule has 0 saturated carbocycles. The largest absolute Gasteiger partial charge is 0.330 e. The Morgan fingerprint density at radius 2 is 2.12 bits per heavy atom. The van der Waals surface area contributed by atoms with Gasteiger partial charge < -0.3 is 10.3 Å². The molecule has 3 heteroatoms. The molecule has 0 aliphatic rings. The summed E-state index contributed by atoms with van der Waals surface area (Å²) in [6.07, 6.45) is 2.78. The van der Waals surface area contributed by atoms with Crippen LogP contribution < -0.4 is 5.73 Å². The molecule has 1 aromatic carbocycles. The minimum atomic E-state index is 0.686. The van der Waals surface area contributed by atoms with Gasteiger partial charge in [0.15, 0.2) is 0 Å². The lowest BCUT2D eigenvalue weighted by Gasteiger charge is -2.07. The molecule has 0 unspecified atom stereocenters. The van der Waals surface area contributed by atoms with Crippen LogP contribution in [0.2, 0.25) is 0 Å². The summed E-state index contributed by atoms with van der Waals surface area (Å²) < 4.78 is 2.11. The van der Waals surface area contributed by atoms with Gasteiger partial charge >= 0.3 is 0 Å². The molecule has 1 heterocycles. The van der Waals surface area contributed by atoms with Crippen LogP contribution in [0.5, 0.6) is 0 Å². The van der Waals surface area contributed by atoms with Crippen molar-refractivity contribution in [3.05, 3.63) is 47.5 Å². The van der Waals surface area contributed by atoms with E-state index in [2.05, 4.69) is 40.7 Å². The van der Waals surface area contributed by atoms with Crippen molar-refractivity contribution in [2.45, 2.75) is 20.3 Å². The summed E-state index contributed by atoms with van der Waals surface area (Å²) in [5.41, 5.74) is 10.2. The van der Waals surface area contributed by atoms with E-state index in [1.165, 1.54) is 11.3 Å². The van der Waals surface area contributed by atoms with Gasteiger partial charge in [-0.15, -0.1) is 0 Å². The van der Waals surface area contributed by atoms with E-state index in [1.807, 2.05) is 13.3 Å². The number of imidazole rings is 1. The first kappa shape index (κ1) is 10.9. The second-order valence-electron chi connectivity index (χ2n) is 3.99. The highest BCUT2D eigenvalue weighted by atomic mass is 15.1. The second-order valence-corrected chi connectivity index (χ2v) is 3.99. The van der Waals surface area contributed by atoms with Crippen molar-refractivity contribution in [1.82, 2.24) is 9.55 Å². The third kappa shape index (κ3) is 1.99. The van der Waals surface area contributed by atoms with Gasteiger partial charge in [-0.1, -0.05) is 12.1 Å². The minimum Gasteiger partial charge on any atom is -0.330 e. The van der Waals surface area contributed by atoms with Gasteiger partial charge in [-0.25, -0.2) is 4.98 Å². The second kappa shape index (κ2) is 4.49. The molecule has 2 aromatic rings. The molecule has 84 valence electrons. The fraction of sp³-hybridized carbons (Fsp3) is 0.308. The smallest absolute Gasteiger partial charge is 0.0997 e. The molecule has 2 N–H and O–H groups in total. The monoisotopic (exact) mass is 215 g/mol. The van der Waals surface area contributed by atoms with Crippen LogP contribution in [-0.2, 0) is 6.42 Å². The van der Waals surface area contributed by atoms with Gasteiger partial charge in [0.05, 0.1) is 12.0 Å². The molecule has 16 heavy (non-hydrogen) atoms. The molecular weight excluding hydrogens is 198 g/mol. The SMILES string of the molecule is Cc1ncn(-c2cccc(CCN)c2)c1C. The predicted molar refractivity (Wildman–Crippen MR) is 65.8 cm³/mol. The van der Waals surface area contributed by atoms with Crippen molar-refractivity contribution in [3.8, 4) is 5.69 Å². The Morgan fingerprint density at radius 1 is 1.31 bits per heavy atom. The van der Waals surface area contributed by atoms with E-state index < -0.39 is 0 Å². The third-order valence-corrected chi connectivity index (χ3v) is 2.87. The van der Waals surface area contributed by atoms with Crippen molar-refractivity contribution >= 4 is 0 Å². The standard InChI is InChI=1S/C13H17N3/c1-10-11(2)16(9-15-10)13-5-3-4-12(8-13)6-7-14/h3-5,8-9H,6-7,14H2,1-2H3. The average Bonchev–Trinajstić information content (AvgIpc) is 2.61. The summed E-state index contributed by atoms with van der Waals surface area (Å²) in [4.78, 5) is 4.31. The van der Waals surface area contributed by atoms with Crippen molar-refractivity contribution in [1.29, 1.82) is 0 Å². The summed E-state index contributed by atoms with van der Waals surface area (Å²) in [6.45, 7) is 4.79. The van der Waals surface area contributed by atoms with E-state index in [1.54, 1.807) is 0 Å². The number of aromatic nitrogens is 2. The molecule has 1 aromatic heterocycles. The highest BCUT2D eigenvalue weighted by Gasteiger charge is 2.04. The van der Waals surface area contributed by atoms with E-state index >= 15 is 0 Å². The number of hydrogen-bond acceptors (Lipinski definition) is 2. The van der Waals surface area contributed by atoms with Crippen LogP contribution in [0.4, 0.5) is 0 Å². The zero-order valence-corrected chi connectivity index (χ0v) is 9.77. The Morgan fingerprint density at radius 3 is 2.75 bits per heavy atom. The molecule has 0 aliphatic heterocycles. The first-order valence-corrected chi connectivity index (χ1v) is 5.52. The quantitative estimate of drug-likeness (QED) is 0.851. The number of nitrogens with zero attached hydrogens (tertiary/aromatic N) is 2. The maximum absolute atomic E-state index is 5.56. The lowest BCUT2D eigenvalue weighted by molar-refractivity contribution is 0.952. The van der Waals surface area contributed by atoms with Crippen LogP contribution in [0.25, 0.3) is 5.69 Å². The molecule has 0 amide bonds. The molecule has 3 nitrogen and oxygen atoms in total. The number of nitrogens with two attached hydrogens (primary N) is 1. The molecule has 2 rings (SSSR count). The van der Waals surface area contributed by atoms with Gasteiger partial charge in [0.25, 0.3) is 0 Å². The Labute approximate surface area is 95.9 Å². The summed E-state index contributed by atoms with van der Waals surface area (Å²) in [7, 11) is 0. The first-order valence-electron chi connectivity index (χ1n) is 5.52. The minimum absolute atomic E-state index is 0.686. The van der Waals surface area contributed by atoms with Crippen LogP contribution in [0.1, 0.15) is 17.0 Å². The van der Waals surface area contributed by atoms with E-state index in [0.29, 0.717) is 6.54 Å². The Kier molecular flexibility index (Phi) is 3.06. The van der Waals surface area contributed by atoms with E-state index in [4.69, 9.17) is 5.73 Å².